The van der Waals surface area contributed by atoms with Crippen molar-refractivity contribution in [3.8, 4) is 5.75 Å². The molecule has 0 radical (unpaired) electrons. The van der Waals surface area contributed by atoms with Crippen molar-refractivity contribution in [1.82, 2.24) is 0 Å². The van der Waals surface area contributed by atoms with Gasteiger partial charge in [0.05, 0.1) is 0 Å². The Hall–Kier alpha value is -1.10. The van der Waals surface area contributed by atoms with Gasteiger partial charge in [-0.2, -0.15) is 0 Å². The maximum atomic E-state index is 6.21. The second-order valence-corrected chi connectivity index (χ2v) is 7.99. The van der Waals surface area contributed by atoms with E-state index in [1.54, 1.807) is 14.2 Å². The number of para-hydroxylation sites is 1. The van der Waals surface area contributed by atoms with Crippen LogP contribution in [-0.2, 0) is 15.3 Å². The Kier molecular flexibility index (Phi) is 8.35. The lowest BCUT2D eigenvalue weighted by molar-refractivity contribution is 0.159. The Morgan fingerprint density at radius 3 is 2.43 bits per heavy atom. The van der Waals surface area contributed by atoms with E-state index in [0.29, 0.717) is 0 Å². The van der Waals surface area contributed by atoms with Crippen LogP contribution in [-0.4, -0.2) is 23.0 Å². The quantitative estimate of drug-likeness (QED) is 0.339. The molecular weight excluding hydrogens is 280 g/mol. The molecule has 0 saturated heterocycles. The van der Waals surface area contributed by atoms with Crippen LogP contribution in [0, 0.1) is 0 Å². The first-order valence-corrected chi connectivity index (χ1v) is 9.62. The van der Waals surface area contributed by atoms with Gasteiger partial charge >= 0.3 is 8.80 Å². The molecule has 0 amide bonds. The molecule has 0 heterocycles. The minimum absolute atomic E-state index is 0.782. The van der Waals surface area contributed by atoms with E-state index in [2.05, 4.69) is 19.6 Å². The first kappa shape index (κ1) is 17.9. The van der Waals surface area contributed by atoms with E-state index in [9.17, 15) is 0 Å². The molecule has 0 aliphatic heterocycles. The van der Waals surface area contributed by atoms with Crippen molar-refractivity contribution in [2.75, 3.05) is 14.2 Å². The molecule has 0 unspecified atom stereocenters. The normalized spacial score (nSPS) is 11.4. The summed E-state index contributed by atoms with van der Waals surface area (Å²) in [4.78, 5) is 0. The highest BCUT2D eigenvalue weighted by Crippen LogP contribution is 2.26. The Labute approximate surface area is 130 Å². The topological polar surface area (TPSA) is 27.7 Å². The lowest BCUT2D eigenvalue weighted by Gasteiger charge is -2.28. The van der Waals surface area contributed by atoms with Crippen LogP contribution in [0.3, 0.4) is 0 Å². The summed E-state index contributed by atoms with van der Waals surface area (Å²) in [6.07, 6.45) is 7.39. The van der Waals surface area contributed by atoms with E-state index in [0.717, 1.165) is 30.2 Å². The van der Waals surface area contributed by atoms with E-state index < -0.39 is 8.80 Å². The number of unbranched alkanes of at least 4 members (excludes halogenated alkanes) is 3. The molecule has 0 N–H and O–H groups in total. The highest BCUT2D eigenvalue weighted by Gasteiger charge is 2.41. The third-order valence-electron chi connectivity index (χ3n) is 3.56. The van der Waals surface area contributed by atoms with Gasteiger partial charge in [0, 0.05) is 20.3 Å². The van der Waals surface area contributed by atoms with Gasteiger partial charge in [-0.05, 0) is 24.5 Å². The van der Waals surface area contributed by atoms with Gasteiger partial charge in [-0.1, -0.05) is 50.5 Å². The molecule has 0 atom stereocenters. The van der Waals surface area contributed by atoms with Crippen LogP contribution in [0.25, 0.3) is 0 Å². The zero-order valence-electron chi connectivity index (χ0n) is 13.6. The van der Waals surface area contributed by atoms with Crippen molar-refractivity contribution in [2.45, 2.75) is 45.1 Å². The molecule has 1 aromatic carbocycles. The van der Waals surface area contributed by atoms with Crippen LogP contribution >= 0.6 is 0 Å². The minimum Gasteiger partial charge on any atom is -0.500 e. The van der Waals surface area contributed by atoms with Gasteiger partial charge in [0.25, 0.3) is 0 Å². The first-order chi connectivity index (χ1) is 10.2. The molecule has 1 aromatic rings. The first-order valence-electron chi connectivity index (χ1n) is 7.69. The third kappa shape index (κ3) is 5.65. The van der Waals surface area contributed by atoms with Crippen LogP contribution in [0.1, 0.15) is 38.2 Å². The van der Waals surface area contributed by atoms with Crippen molar-refractivity contribution >= 4 is 8.80 Å². The number of hydrogen-bond acceptors (Lipinski definition) is 3. The van der Waals surface area contributed by atoms with Crippen molar-refractivity contribution in [3.63, 3.8) is 0 Å². The van der Waals surface area contributed by atoms with Crippen LogP contribution in [0.5, 0.6) is 5.75 Å². The molecular formula is C17H28O3Si. The number of benzene rings is 1. The van der Waals surface area contributed by atoms with Crippen molar-refractivity contribution in [2.24, 2.45) is 0 Å². The van der Waals surface area contributed by atoms with Crippen LogP contribution in [0.4, 0.5) is 0 Å². The Morgan fingerprint density at radius 1 is 1.10 bits per heavy atom. The average Bonchev–Trinajstić information content (AvgIpc) is 2.52. The highest BCUT2D eigenvalue weighted by molar-refractivity contribution is 6.61. The molecule has 0 fully saturated rings. The predicted molar refractivity (Wildman–Crippen MR) is 89.7 cm³/mol. The summed E-state index contributed by atoms with van der Waals surface area (Å²) in [5.74, 6) is 0.850. The molecule has 21 heavy (non-hydrogen) atoms. The lowest BCUT2D eigenvalue weighted by atomic mass is 10.1. The van der Waals surface area contributed by atoms with Crippen molar-refractivity contribution < 1.29 is 13.3 Å². The van der Waals surface area contributed by atoms with Gasteiger partial charge < -0.3 is 13.3 Å². The molecule has 4 heteroatoms. The fourth-order valence-electron chi connectivity index (χ4n) is 2.29. The maximum absolute atomic E-state index is 6.21. The SMILES string of the molecule is C=CCc1ccccc1O[Si](CCCCCC)(OC)OC. The van der Waals surface area contributed by atoms with Gasteiger partial charge in [-0.3, -0.25) is 0 Å². The zero-order chi connectivity index (χ0) is 15.6. The molecule has 118 valence electrons. The zero-order valence-corrected chi connectivity index (χ0v) is 14.6. The predicted octanol–water partition coefficient (Wildman–Crippen LogP) is 4.61. The molecule has 0 spiro atoms. The van der Waals surface area contributed by atoms with E-state index in [1.165, 1.54) is 19.3 Å². The van der Waals surface area contributed by atoms with Gasteiger partial charge in [0.1, 0.15) is 5.75 Å². The summed E-state index contributed by atoms with van der Waals surface area (Å²) in [7, 11) is 0.743. The average molecular weight is 308 g/mol. The molecule has 1 rings (SSSR count). The highest BCUT2D eigenvalue weighted by atomic mass is 28.4. The van der Waals surface area contributed by atoms with Crippen LogP contribution in [0.15, 0.2) is 36.9 Å². The molecule has 0 aliphatic carbocycles. The lowest BCUT2D eigenvalue weighted by Crippen LogP contribution is -2.47. The Balaban J connectivity index is 2.79. The fraction of sp³-hybridized carbons (Fsp3) is 0.529. The van der Waals surface area contributed by atoms with E-state index >= 15 is 0 Å². The molecule has 3 nitrogen and oxygen atoms in total. The summed E-state index contributed by atoms with van der Waals surface area (Å²) in [6.45, 7) is 6.00. The van der Waals surface area contributed by atoms with Gasteiger partial charge in [-0.25, -0.2) is 0 Å². The molecule has 0 bridgehead atoms. The smallest absolute Gasteiger partial charge is 0.500 e. The van der Waals surface area contributed by atoms with Crippen LogP contribution in [0.2, 0.25) is 6.04 Å². The molecule has 0 aromatic heterocycles. The van der Waals surface area contributed by atoms with Crippen molar-refractivity contribution in [3.05, 3.63) is 42.5 Å². The monoisotopic (exact) mass is 308 g/mol. The second-order valence-electron chi connectivity index (χ2n) is 5.10. The second kappa shape index (κ2) is 9.76. The van der Waals surface area contributed by atoms with Gasteiger partial charge in [0.15, 0.2) is 0 Å². The molecule has 0 aliphatic rings. The maximum Gasteiger partial charge on any atom is 0.565 e. The number of hydrogen-bond donors (Lipinski definition) is 0. The van der Waals surface area contributed by atoms with Gasteiger partial charge in [0.2, 0.25) is 0 Å². The summed E-state index contributed by atoms with van der Waals surface area (Å²) < 4.78 is 17.6. The van der Waals surface area contributed by atoms with Crippen molar-refractivity contribution in [1.29, 1.82) is 0 Å². The summed E-state index contributed by atoms with van der Waals surface area (Å²) in [5, 5.41) is 0. The largest absolute Gasteiger partial charge is 0.565 e. The van der Waals surface area contributed by atoms with Crippen LogP contribution < -0.4 is 4.43 Å². The summed E-state index contributed by atoms with van der Waals surface area (Å²) in [5.41, 5.74) is 1.12. The van der Waals surface area contributed by atoms with E-state index in [-0.39, 0.29) is 0 Å². The number of rotatable bonds is 11. The minimum atomic E-state index is -2.63. The number of allylic oxidation sites excluding steroid dienone is 1. The van der Waals surface area contributed by atoms with E-state index in [1.807, 2.05) is 24.3 Å². The summed E-state index contributed by atoms with van der Waals surface area (Å²) in [6, 6.07) is 8.87. The summed E-state index contributed by atoms with van der Waals surface area (Å²) >= 11 is 0. The standard InChI is InChI=1S/C17H28O3Si/c1-5-7-8-11-15-21(18-3,19-4)20-17-14-10-9-13-16(17)12-6-2/h6,9-10,13-14H,2,5,7-8,11-12,15H2,1,3-4H3. The fourth-order valence-corrected chi connectivity index (χ4v) is 4.35. The van der Waals surface area contributed by atoms with E-state index in [4.69, 9.17) is 13.3 Å². The molecule has 0 saturated carbocycles. The third-order valence-corrected chi connectivity index (χ3v) is 6.30. The Bertz CT molecular complexity index is 416. The Morgan fingerprint density at radius 2 is 1.81 bits per heavy atom. The van der Waals surface area contributed by atoms with Gasteiger partial charge in [-0.15, -0.1) is 6.58 Å².